The number of hydrogen-bond acceptors (Lipinski definition) is 6. The summed E-state index contributed by atoms with van der Waals surface area (Å²) in [6.07, 6.45) is 4.73. The van der Waals surface area contributed by atoms with Gasteiger partial charge >= 0.3 is 0 Å². The number of amides is 1. The molecule has 31 heavy (non-hydrogen) atoms. The quantitative estimate of drug-likeness (QED) is 0.636. The number of aliphatic imine (C=N–C) groups is 1. The molecule has 1 saturated carbocycles. The fourth-order valence-corrected chi connectivity index (χ4v) is 4.87. The molecule has 0 unspecified atom stereocenters. The van der Waals surface area contributed by atoms with Crippen LogP contribution in [0.15, 0.2) is 47.5 Å². The first-order valence-electron chi connectivity index (χ1n) is 10.4. The van der Waals surface area contributed by atoms with Gasteiger partial charge in [-0.2, -0.15) is 0 Å². The van der Waals surface area contributed by atoms with Crippen molar-refractivity contribution < 1.29 is 19.0 Å². The van der Waals surface area contributed by atoms with Crippen LogP contribution in [-0.4, -0.2) is 48.5 Å². The number of methoxy groups -OCH3 is 3. The minimum atomic E-state index is -0.641. The summed E-state index contributed by atoms with van der Waals surface area (Å²) in [5.74, 6) is 1.09. The second-order valence-corrected chi connectivity index (χ2v) is 8.12. The first kappa shape index (κ1) is 21.3. The van der Waals surface area contributed by atoms with Crippen molar-refractivity contribution in [1.29, 1.82) is 0 Å². The third-order valence-corrected chi connectivity index (χ3v) is 6.33. The predicted molar refractivity (Wildman–Crippen MR) is 124 cm³/mol. The third-order valence-electron chi connectivity index (χ3n) is 5.96. The number of hydrogen-bond donors (Lipinski definition) is 0. The molecule has 7 heteroatoms. The average Bonchev–Trinajstić information content (AvgIpc) is 3.09. The van der Waals surface area contributed by atoms with Gasteiger partial charge in [0.2, 0.25) is 5.75 Å². The molecular weight excluding hydrogens is 412 g/mol. The molecule has 6 nitrogen and oxygen atoms in total. The van der Waals surface area contributed by atoms with Crippen LogP contribution in [0.1, 0.15) is 48.0 Å². The monoisotopic (exact) mass is 438 g/mol. The van der Waals surface area contributed by atoms with Crippen LogP contribution in [0.25, 0.3) is 0 Å². The third kappa shape index (κ3) is 3.67. The fourth-order valence-electron chi connectivity index (χ4n) is 4.45. The lowest BCUT2D eigenvalue weighted by Crippen LogP contribution is -2.50. The number of thiocarbonyl (C=S) groups is 1. The number of nitrogens with zero attached hydrogens (tertiary/aromatic N) is 2. The summed E-state index contributed by atoms with van der Waals surface area (Å²) in [6.45, 7) is 0. The normalized spacial score (nSPS) is 17.5. The highest BCUT2D eigenvalue weighted by Gasteiger charge is 2.49. The van der Waals surface area contributed by atoms with Crippen LogP contribution in [-0.2, 0) is 0 Å². The van der Waals surface area contributed by atoms with Gasteiger partial charge in [0.05, 0.1) is 21.3 Å². The Kier molecular flexibility index (Phi) is 5.96. The zero-order chi connectivity index (χ0) is 22.0. The van der Waals surface area contributed by atoms with Crippen LogP contribution in [0, 0.1) is 0 Å². The molecule has 1 fully saturated rings. The number of ether oxygens (including phenoxy) is 3. The Balaban J connectivity index is 1.79. The Morgan fingerprint density at radius 1 is 0.968 bits per heavy atom. The van der Waals surface area contributed by atoms with Crippen molar-refractivity contribution in [2.45, 2.75) is 37.8 Å². The summed E-state index contributed by atoms with van der Waals surface area (Å²) in [6, 6.07) is 13.2. The van der Waals surface area contributed by atoms with Gasteiger partial charge in [-0.05, 0) is 37.8 Å². The molecule has 0 bridgehead atoms. The highest BCUT2D eigenvalue weighted by molar-refractivity contribution is 7.82. The number of carbonyl (C=O) groups is 1. The second kappa shape index (κ2) is 8.67. The zero-order valence-electron chi connectivity index (χ0n) is 18.0. The van der Waals surface area contributed by atoms with Crippen LogP contribution < -0.4 is 14.2 Å². The van der Waals surface area contributed by atoms with E-state index in [9.17, 15) is 4.79 Å². The SMILES string of the molecule is COc1cc(C(=O)N2C(=S)C(c3ccccc3)=NC23CCCCC3)cc(OC)c1OC. The lowest BCUT2D eigenvalue weighted by molar-refractivity contribution is 0.0647. The molecule has 1 spiro atoms. The van der Waals surface area contributed by atoms with Crippen molar-refractivity contribution in [2.24, 2.45) is 4.99 Å². The van der Waals surface area contributed by atoms with E-state index in [0.717, 1.165) is 37.7 Å². The Hall–Kier alpha value is -2.93. The fraction of sp³-hybridized carbons (Fsp3) is 0.375. The molecule has 0 aromatic heterocycles. The second-order valence-electron chi connectivity index (χ2n) is 7.73. The predicted octanol–water partition coefficient (Wildman–Crippen LogP) is 4.65. The first-order valence-corrected chi connectivity index (χ1v) is 10.8. The highest BCUT2D eigenvalue weighted by atomic mass is 32.1. The van der Waals surface area contributed by atoms with E-state index in [2.05, 4.69) is 0 Å². The molecule has 2 aromatic carbocycles. The zero-order valence-corrected chi connectivity index (χ0v) is 18.8. The van der Waals surface area contributed by atoms with Crippen LogP contribution in [0.4, 0.5) is 0 Å². The molecule has 1 aliphatic heterocycles. The molecule has 1 amide bonds. The summed E-state index contributed by atoms with van der Waals surface area (Å²) >= 11 is 5.83. The molecule has 1 aliphatic carbocycles. The van der Waals surface area contributed by atoms with Crippen LogP contribution in [0.2, 0.25) is 0 Å². The molecular formula is C24H26N2O4S. The summed E-state index contributed by atoms with van der Waals surface area (Å²) in [5, 5.41) is 0. The van der Waals surface area contributed by atoms with Gasteiger partial charge in [0, 0.05) is 11.1 Å². The standard InChI is InChI=1S/C24H26N2O4S/c1-28-18-14-17(15-19(29-2)21(18)30-3)22(27)26-23(31)20(16-10-6-4-7-11-16)25-24(26)12-8-5-9-13-24/h4,6-7,10-11,14-15H,5,8-9,12-13H2,1-3H3. The van der Waals surface area contributed by atoms with E-state index >= 15 is 0 Å². The molecule has 0 radical (unpaired) electrons. The molecule has 162 valence electrons. The lowest BCUT2D eigenvalue weighted by Gasteiger charge is -2.39. The smallest absolute Gasteiger partial charge is 0.261 e. The number of rotatable bonds is 5. The topological polar surface area (TPSA) is 60.4 Å². The minimum Gasteiger partial charge on any atom is -0.493 e. The van der Waals surface area contributed by atoms with Gasteiger partial charge in [0.1, 0.15) is 16.4 Å². The van der Waals surface area contributed by atoms with E-state index in [4.69, 9.17) is 31.4 Å². The van der Waals surface area contributed by atoms with E-state index in [0.29, 0.717) is 33.5 Å². The van der Waals surface area contributed by atoms with E-state index in [1.165, 1.54) is 21.3 Å². The molecule has 0 N–H and O–H groups in total. The maximum atomic E-state index is 13.9. The number of benzene rings is 2. The highest BCUT2D eigenvalue weighted by Crippen LogP contribution is 2.43. The van der Waals surface area contributed by atoms with Gasteiger partial charge in [-0.15, -0.1) is 0 Å². The van der Waals surface area contributed by atoms with Crippen LogP contribution in [0.5, 0.6) is 17.2 Å². The van der Waals surface area contributed by atoms with Gasteiger partial charge in [-0.3, -0.25) is 14.7 Å². The van der Waals surface area contributed by atoms with E-state index in [-0.39, 0.29) is 5.91 Å². The summed E-state index contributed by atoms with van der Waals surface area (Å²) < 4.78 is 16.3. The van der Waals surface area contributed by atoms with Crippen molar-refractivity contribution in [3.63, 3.8) is 0 Å². The lowest BCUT2D eigenvalue weighted by atomic mass is 9.88. The Morgan fingerprint density at radius 3 is 2.13 bits per heavy atom. The van der Waals surface area contributed by atoms with E-state index in [1.807, 2.05) is 30.3 Å². The molecule has 2 aromatic rings. The number of carbonyl (C=O) groups excluding carboxylic acids is 1. The summed E-state index contributed by atoms with van der Waals surface area (Å²) in [5.41, 5.74) is 1.42. The van der Waals surface area contributed by atoms with Crippen LogP contribution in [0.3, 0.4) is 0 Å². The Bertz CT molecular complexity index is 1000. The largest absolute Gasteiger partial charge is 0.493 e. The maximum absolute atomic E-state index is 13.9. The molecule has 1 heterocycles. The van der Waals surface area contributed by atoms with E-state index < -0.39 is 5.66 Å². The first-order chi connectivity index (χ1) is 15.0. The molecule has 0 atom stereocenters. The van der Waals surface area contributed by atoms with Crippen molar-refractivity contribution in [3.05, 3.63) is 53.6 Å². The average molecular weight is 439 g/mol. The maximum Gasteiger partial charge on any atom is 0.261 e. The van der Waals surface area contributed by atoms with Gasteiger partial charge in [0.25, 0.3) is 5.91 Å². The van der Waals surface area contributed by atoms with E-state index in [1.54, 1.807) is 17.0 Å². The van der Waals surface area contributed by atoms with Crippen LogP contribution >= 0.6 is 12.2 Å². The molecule has 0 saturated heterocycles. The minimum absolute atomic E-state index is 0.208. The Labute approximate surface area is 187 Å². The van der Waals surface area contributed by atoms with Gasteiger partial charge in [0.15, 0.2) is 11.5 Å². The van der Waals surface area contributed by atoms with Crippen molar-refractivity contribution in [2.75, 3.05) is 21.3 Å². The Morgan fingerprint density at radius 2 is 1.58 bits per heavy atom. The summed E-state index contributed by atoms with van der Waals surface area (Å²) in [4.78, 5) is 21.1. The van der Waals surface area contributed by atoms with Gasteiger partial charge in [-0.1, -0.05) is 49.0 Å². The van der Waals surface area contributed by atoms with Gasteiger partial charge < -0.3 is 14.2 Å². The van der Waals surface area contributed by atoms with Gasteiger partial charge in [-0.25, -0.2) is 0 Å². The van der Waals surface area contributed by atoms with Crippen molar-refractivity contribution in [1.82, 2.24) is 4.90 Å². The molecule has 2 aliphatic rings. The molecule has 4 rings (SSSR count). The van der Waals surface area contributed by atoms with Crippen molar-refractivity contribution in [3.8, 4) is 17.2 Å². The summed E-state index contributed by atoms with van der Waals surface area (Å²) in [7, 11) is 4.60. The van der Waals surface area contributed by atoms with Crippen molar-refractivity contribution >= 4 is 28.8 Å².